The van der Waals surface area contributed by atoms with Crippen molar-refractivity contribution in [3.63, 3.8) is 0 Å². The van der Waals surface area contributed by atoms with E-state index in [9.17, 15) is 0 Å². The Morgan fingerprint density at radius 2 is 0.368 bits per heavy atom. The summed E-state index contributed by atoms with van der Waals surface area (Å²) >= 11 is 0. The fraction of sp³-hybridized carbons (Fsp3) is 0.914. The van der Waals surface area contributed by atoms with Crippen molar-refractivity contribution in [2.24, 2.45) is 0 Å². The SMILES string of the molecule is C=C(C)c1nc(N(CCOCCOCCOCCOCCOCCOC)CCOCCOCCOCCOCCOCCOC)nc(N(CCOCCOCCOCCOCCOCCOC)CCOCCOCCOCCOCCOCCOC)n1. The van der Waals surface area contributed by atoms with Gasteiger partial charge in [-0.15, -0.1) is 0 Å². The Morgan fingerprint density at radius 1 is 0.230 bits per heavy atom. The van der Waals surface area contributed by atoms with Crippen molar-refractivity contribution in [2.45, 2.75) is 6.92 Å². The van der Waals surface area contributed by atoms with Crippen LogP contribution in [-0.4, -0.2) is 360 Å². The average Bonchev–Trinajstić information content (AvgIpc) is 1.98. The fourth-order valence-corrected chi connectivity index (χ4v) is 6.65. The number of methoxy groups -OCH3 is 4. The highest BCUT2D eigenvalue weighted by Gasteiger charge is 2.19. The molecule has 0 fully saturated rings. The lowest BCUT2D eigenvalue weighted by Crippen LogP contribution is -2.36. The molecule has 1 aromatic rings. The van der Waals surface area contributed by atoms with Gasteiger partial charge in [0, 0.05) is 54.6 Å². The van der Waals surface area contributed by atoms with Crippen LogP contribution in [0.2, 0.25) is 0 Å². The molecule has 0 aromatic carbocycles. The number of hydrogen-bond acceptors (Lipinski definition) is 29. The summed E-state index contributed by atoms with van der Waals surface area (Å²) in [4.78, 5) is 18.8. The highest BCUT2D eigenvalue weighted by atomic mass is 16.6. The molecule has 1 heterocycles. The van der Waals surface area contributed by atoms with Crippen molar-refractivity contribution >= 4 is 17.5 Å². The molecule has 0 bridgehead atoms. The zero-order valence-electron chi connectivity index (χ0n) is 53.7. The topological polar surface area (TPSA) is 267 Å². The van der Waals surface area contributed by atoms with E-state index < -0.39 is 0 Å². The molecule has 1 aromatic heterocycles. The summed E-state index contributed by atoms with van der Waals surface area (Å²) in [5.74, 6) is 1.32. The summed E-state index contributed by atoms with van der Waals surface area (Å²) < 4.78 is 133. The van der Waals surface area contributed by atoms with Crippen LogP contribution in [-0.2, 0) is 114 Å². The van der Waals surface area contributed by atoms with Crippen LogP contribution in [0.1, 0.15) is 12.7 Å². The van der Waals surface area contributed by atoms with Crippen LogP contribution in [0.3, 0.4) is 0 Å². The van der Waals surface area contributed by atoms with Crippen LogP contribution in [0.15, 0.2) is 6.58 Å². The highest BCUT2D eigenvalue weighted by Crippen LogP contribution is 2.18. The first-order valence-electron chi connectivity index (χ1n) is 30.5. The lowest BCUT2D eigenvalue weighted by atomic mass is 10.3. The molecule has 0 unspecified atom stereocenters. The molecule has 0 saturated carbocycles. The molecule has 0 aliphatic rings. The Hall–Kier alpha value is -2.61. The van der Waals surface area contributed by atoms with E-state index in [4.69, 9.17) is 129 Å². The third kappa shape index (κ3) is 58.2. The smallest absolute Gasteiger partial charge is 0.230 e. The first-order valence-corrected chi connectivity index (χ1v) is 30.5. The Balaban J connectivity index is 2.87. The number of hydrogen-bond donors (Lipinski definition) is 0. The summed E-state index contributed by atoms with van der Waals surface area (Å²) in [7, 11) is 6.56. The van der Waals surface area contributed by atoms with Crippen LogP contribution in [0.25, 0.3) is 5.57 Å². The molecule has 0 amide bonds. The van der Waals surface area contributed by atoms with Crippen molar-refractivity contribution in [2.75, 3.05) is 355 Å². The Kier molecular flexibility index (Phi) is 65.6. The normalized spacial score (nSPS) is 11.6. The lowest BCUT2D eigenvalue weighted by molar-refractivity contribution is -0.0149. The molecule has 29 heteroatoms. The number of rotatable bonds is 75. The maximum absolute atomic E-state index is 6.04. The zero-order chi connectivity index (χ0) is 62.5. The molecule has 0 radical (unpaired) electrons. The van der Waals surface area contributed by atoms with Crippen molar-refractivity contribution in [3.8, 4) is 0 Å². The second kappa shape index (κ2) is 69.3. The third-order valence-corrected chi connectivity index (χ3v) is 11.3. The number of aromatic nitrogens is 3. The second-order valence-corrected chi connectivity index (χ2v) is 18.2. The van der Waals surface area contributed by atoms with E-state index in [1.807, 2.05) is 16.7 Å². The van der Waals surface area contributed by atoms with Gasteiger partial charge in [-0.2, -0.15) is 15.0 Å². The largest absolute Gasteiger partial charge is 0.382 e. The standard InChI is InChI=1S/C58H113N5O24/c1-55(2)56-59-57(62(7-11-68-23-27-76-39-43-84-51-47-80-35-31-72-19-15-64-3)8-12-69-24-28-77-40-44-85-52-48-81-36-32-73-20-16-65-4)61-58(60-56)63(9-13-70-25-29-78-41-45-86-53-49-82-37-33-74-21-17-66-5)10-14-71-26-30-79-42-46-87-54-50-83-38-34-75-22-18-67-6/h1,7-54H2,2-6H3. The molecule has 1 rings (SSSR count). The third-order valence-electron chi connectivity index (χ3n) is 11.3. The van der Waals surface area contributed by atoms with Gasteiger partial charge in [0.2, 0.25) is 11.9 Å². The highest BCUT2D eigenvalue weighted by molar-refractivity contribution is 5.57. The summed E-state index contributed by atoms with van der Waals surface area (Å²) in [5, 5.41) is 0. The van der Waals surface area contributed by atoms with E-state index in [1.165, 1.54) is 0 Å². The van der Waals surface area contributed by atoms with Gasteiger partial charge in [-0.3, -0.25) is 0 Å². The van der Waals surface area contributed by atoms with E-state index in [1.54, 1.807) is 28.4 Å². The first kappa shape index (κ1) is 82.4. The van der Waals surface area contributed by atoms with E-state index in [2.05, 4.69) is 6.58 Å². The molecule has 0 aliphatic heterocycles. The van der Waals surface area contributed by atoms with Gasteiger partial charge < -0.3 is 123 Å². The molecule has 29 nitrogen and oxygen atoms in total. The Morgan fingerprint density at radius 3 is 0.506 bits per heavy atom. The van der Waals surface area contributed by atoms with Gasteiger partial charge in [-0.1, -0.05) is 6.58 Å². The number of allylic oxidation sites excluding steroid dienone is 1. The first-order chi connectivity index (χ1) is 43.1. The van der Waals surface area contributed by atoms with E-state index in [-0.39, 0.29) is 0 Å². The van der Waals surface area contributed by atoms with Crippen LogP contribution < -0.4 is 9.80 Å². The number of anilines is 2. The zero-order valence-corrected chi connectivity index (χ0v) is 53.7. The Labute approximate surface area is 519 Å². The van der Waals surface area contributed by atoms with Gasteiger partial charge >= 0.3 is 0 Å². The summed E-state index contributed by atoms with van der Waals surface area (Å²) in [6.45, 7) is 28.1. The van der Waals surface area contributed by atoms with E-state index in [0.29, 0.717) is 340 Å². The van der Waals surface area contributed by atoms with Gasteiger partial charge in [-0.25, -0.2) is 0 Å². The fourth-order valence-electron chi connectivity index (χ4n) is 6.65. The Bertz CT molecular complexity index is 1370. The maximum atomic E-state index is 6.04. The molecular weight excluding hydrogens is 1150 g/mol. The molecule has 514 valence electrons. The van der Waals surface area contributed by atoms with Crippen molar-refractivity contribution < 1.29 is 114 Å². The minimum Gasteiger partial charge on any atom is -0.382 e. The molecular formula is C58H113N5O24. The van der Waals surface area contributed by atoms with Gasteiger partial charge in [0.15, 0.2) is 5.82 Å². The minimum atomic E-state index is 0.362. The summed E-state index contributed by atoms with van der Waals surface area (Å²) in [6, 6.07) is 0. The quantitative estimate of drug-likeness (QED) is 0.0835. The molecule has 0 saturated heterocycles. The van der Waals surface area contributed by atoms with E-state index >= 15 is 0 Å². The molecule has 0 N–H and O–H groups in total. The predicted octanol–water partition coefficient (Wildman–Crippen LogP) is 1.44. The van der Waals surface area contributed by atoms with Crippen molar-refractivity contribution in [1.82, 2.24) is 15.0 Å². The molecule has 0 aliphatic carbocycles. The molecule has 0 spiro atoms. The van der Waals surface area contributed by atoms with Crippen LogP contribution in [0.4, 0.5) is 11.9 Å². The van der Waals surface area contributed by atoms with Gasteiger partial charge in [0.25, 0.3) is 0 Å². The molecule has 0 atom stereocenters. The van der Waals surface area contributed by atoms with Gasteiger partial charge in [0.05, 0.1) is 291 Å². The summed E-state index contributed by atoms with van der Waals surface area (Å²) in [5.41, 5.74) is 0.669. The van der Waals surface area contributed by atoms with Crippen LogP contribution in [0.5, 0.6) is 0 Å². The van der Waals surface area contributed by atoms with Gasteiger partial charge in [-0.05, 0) is 12.5 Å². The predicted molar refractivity (Wildman–Crippen MR) is 323 cm³/mol. The average molecular weight is 1260 g/mol. The summed E-state index contributed by atoms with van der Waals surface area (Å²) in [6.07, 6.45) is 0. The van der Waals surface area contributed by atoms with Crippen molar-refractivity contribution in [3.05, 3.63) is 12.4 Å². The maximum Gasteiger partial charge on any atom is 0.230 e. The van der Waals surface area contributed by atoms with E-state index in [0.717, 1.165) is 0 Å². The molecule has 87 heavy (non-hydrogen) atoms. The number of ether oxygens (including phenoxy) is 24. The van der Waals surface area contributed by atoms with Crippen molar-refractivity contribution in [1.29, 1.82) is 0 Å². The lowest BCUT2D eigenvalue weighted by Gasteiger charge is -2.27. The second-order valence-electron chi connectivity index (χ2n) is 18.2. The van der Waals surface area contributed by atoms with Crippen LogP contribution in [0, 0.1) is 0 Å². The van der Waals surface area contributed by atoms with Gasteiger partial charge in [0.1, 0.15) is 0 Å². The van der Waals surface area contributed by atoms with Crippen LogP contribution >= 0.6 is 0 Å². The minimum absolute atomic E-state index is 0.362. The monoisotopic (exact) mass is 1260 g/mol. The number of nitrogens with zero attached hydrogens (tertiary/aromatic N) is 5.